The van der Waals surface area contributed by atoms with Crippen LogP contribution in [0.15, 0.2) is 29.3 Å². The van der Waals surface area contributed by atoms with Crippen molar-refractivity contribution in [2.45, 2.75) is 33.4 Å². The first-order valence-corrected chi connectivity index (χ1v) is 7.83. The van der Waals surface area contributed by atoms with Gasteiger partial charge in [-0.3, -0.25) is 9.89 Å². The molecule has 0 radical (unpaired) electrons. The molecule has 2 atom stereocenters. The Balaban J connectivity index is 2.02. The van der Waals surface area contributed by atoms with Crippen LogP contribution in [0.25, 0.3) is 0 Å². The Morgan fingerprint density at radius 3 is 2.48 bits per heavy atom. The molecule has 0 saturated carbocycles. The fourth-order valence-corrected chi connectivity index (χ4v) is 3.31. The number of guanidine groups is 1. The number of nitrogens with two attached hydrogens (primary N) is 1. The van der Waals surface area contributed by atoms with Gasteiger partial charge >= 0.3 is 0 Å². The van der Waals surface area contributed by atoms with Crippen LogP contribution in [0.5, 0.6) is 0 Å². The summed E-state index contributed by atoms with van der Waals surface area (Å²) in [5, 5.41) is 3.15. The molecule has 4 nitrogen and oxygen atoms in total. The van der Waals surface area contributed by atoms with Gasteiger partial charge in [-0.1, -0.05) is 38.1 Å². The Kier molecular flexibility index (Phi) is 5.62. The molecular formula is C17H28N4. The number of piperidine rings is 1. The van der Waals surface area contributed by atoms with E-state index in [2.05, 4.69) is 53.3 Å². The monoisotopic (exact) mass is 288 g/mol. The molecule has 0 aliphatic carbocycles. The Hall–Kier alpha value is -1.55. The maximum absolute atomic E-state index is 5.72. The van der Waals surface area contributed by atoms with E-state index in [1.54, 1.807) is 7.05 Å². The van der Waals surface area contributed by atoms with Gasteiger partial charge in [0.25, 0.3) is 0 Å². The molecule has 2 unspecified atom stereocenters. The Bertz CT molecular complexity index is 473. The molecule has 0 aromatic heterocycles. The number of nitrogens with zero attached hydrogens (tertiary/aromatic N) is 2. The van der Waals surface area contributed by atoms with Gasteiger partial charge in [-0.2, -0.15) is 0 Å². The van der Waals surface area contributed by atoms with E-state index < -0.39 is 0 Å². The molecule has 1 saturated heterocycles. The molecule has 0 bridgehead atoms. The molecule has 1 aromatic carbocycles. The molecule has 2 rings (SSSR count). The van der Waals surface area contributed by atoms with Gasteiger partial charge in [-0.15, -0.1) is 0 Å². The Labute approximate surface area is 128 Å². The van der Waals surface area contributed by atoms with Gasteiger partial charge in [-0.05, 0) is 29.4 Å². The molecule has 116 valence electrons. The van der Waals surface area contributed by atoms with E-state index in [-0.39, 0.29) is 0 Å². The minimum Gasteiger partial charge on any atom is -0.370 e. The van der Waals surface area contributed by atoms with Gasteiger partial charge in [0.2, 0.25) is 0 Å². The smallest absolute Gasteiger partial charge is 0.188 e. The third-order valence-electron chi connectivity index (χ3n) is 4.16. The van der Waals surface area contributed by atoms with E-state index in [1.807, 2.05) is 0 Å². The second-order valence-corrected chi connectivity index (χ2v) is 6.37. The standard InChI is InChI=1S/C17H28N4/c1-13-8-14(2)11-21(10-13)12-16-7-5-4-6-15(16)9-20-17(18)19-3/h4-7,13-14H,8-12H2,1-3H3,(H3,18,19,20). The second kappa shape index (κ2) is 7.46. The summed E-state index contributed by atoms with van der Waals surface area (Å²) in [5.41, 5.74) is 8.41. The van der Waals surface area contributed by atoms with Crippen LogP contribution in [0.4, 0.5) is 0 Å². The minimum atomic E-state index is 0.491. The molecular weight excluding hydrogens is 260 g/mol. The molecule has 1 aliphatic rings. The highest BCUT2D eigenvalue weighted by Gasteiger charge is 2.22. The topological polar surface area (TPSA) is 53.6 Å². The van der Waals surface area contributed by atoms with E-state index in [9.17, 15) is 0 Å². The number of likely N-dealkylation sites (tertiary alicyclic amines) is 1. The molecule has 3 N–H and O–H groups in total. The van der Waals surface area contributed by atoms with Crippen molar-refractivity contribution in [3.8, 4) is 0 Å². The van der Waals surface area contributed by atoms with Crippen LogP contribution in [-0.4, -0.2) is 31.0 Å². The highest BCUT2D eigenvalue weighted by molar-refractivity contribution is 5.77. The number of nitrogens with one attached hydrogen (secondary N) is 1. The molecule has 0 amide bonds. The number of benzene rings is 1. The van der Waals surface area contributed by atoms with E-state index in [1.165, 1.54) is 30.6 Å². The molecule has 0 spiro atoms. The number of hydrogen-bond acceptors (Lipinski definition) is 2. The predicted octanol–water partition coefficient (Wildman–Crippen LogP) is 2.20. The maximum Gasteiger partial charge on any atom is 0.188 e. The van der Waals surface area contributed by atoms with Crippen LogP contribution in [-0.2, 0) is 13.1 Å². The number of aliphatic imine (C=N–C) groups is 1. The Morgan fingerprint density at radius 1 is 1.24 bits per heavy atom. The second-order valence-electron chi connectivity index (χ2n) is 6.37. The zero-order valence-electron chi connectivity index (χ0n) is 13.5. The van der Waals surface area contributed by atoms with Gasteiger partial charge in [0.1, 0.15) is 0 Å². The van der Waals surface area contributed by atoms with Crippen LogP contribution in [0, 0.1) is 11.8 Å². The summed E-state index contributed by atoms with van der Waals surface area (Å²) in [7, 11) is 1.70. The first-order chi connectivity index (χ1) is 10.1. The lowest BCUT2D eigenvalue weighted by Crippen LogP contribution is -2.38. The molecule has 1 heterocycles. The molecule has 1 fully saturated rings. The fraction of sp³-hybridized carbons (Fsp3) is 0.588. The summed E-state index contributed by atoms with van der Waals surface area (Å²) >= 11 is 0. The largest absolute Gasteiger partial charge is 0.370 e. The normalized spacial score (nSPS) is 24.0. The van der Waals surface area contributed by atoms with Crippen LogP contribution < -0.4 is 11.1 Å². The van der Waals surface area contributed by atoms with Gasteiger partial charge in [0.15, 0.2) is 5.96 Å². The zero-order valence-corrected chi connectivity index (χ0v) is 13.5. The van der Waals surface area contributed by atoms with Crippen LogP contribution in [0.1, 0.15) is 31.4 Å². The lowest BCUT2D eigenvalue weighted by atomic mass is 9.91. The van der Waals surface area contributed by atoms with Crippen LogP contribution in [0.3, 0.4) is 0 Å². The minimum absolute atomic E-state index is 0.491. The number of hydrogen-bond donors (Lipinski definition) is 2. The summed E-state index contributed by atoms with van der Waals surface area (Å²) in [5.74, 6) is 2.08. The predicted molar refractivity (Wildman–Crippen MR) is 89.1 cm³/mol. The first kappa shape index (κ1) is 15.8. The van der Waals surface area contributed by atoms with Crippen LogP contribution >= 0.6 is 0 Å². The maximum atomic E-state index is 5.72. The lowest BCUT2D eigenvalue weighted by molar-refractivity contribution is 0.134. The average Bonchev–Trinajstić information content (AvgIpc) is 2.45. The lowest BCUT2D eigenvalue weighted by Gasteiger charge is -2.35. The average molecular weight is 288 g/mol. The van der Waals surface area contributed by atoms with Crippen LogP contribution in [0.2, 0.25) is 0 Å². The van der Waals surface area contributed by atoms with E-state index in [4.69, 9.17) is 5.73 Å². The first-order valence-electron chi connectivity index (χ1n) is 7.83. The molecule has 1 aromatic rings. The quantitative estimate of drug-likeness (QED) is 0.659. The third-order valence-corrected chi connectivity index (χ3v) is 4.16. The van der Waals surface area contributed by atoms with E-state index >= 15 is 0 Å². The summed E-state index contributed by atoms with van der Waals surface area (Å²) in [4.78, 5) is 6.52. The SMILES string of the molecule is CN=C(N)NCc1ccccc1CN1CC(C)CC(C)C1. The molecule has 21 heavy (non-hydrogen) atoms. The summed E-state index contributed by atoms with van der Waals surface area (Å²) in [6.45, 7) is 8.87. The third kappa shape index (κ3) is 4.74. The number of rotatable bonds is 4. The van der Waals surface area contributed by atoms with Crippen molar-refractivity contribution in [2.24, 2.45) is 22.6 Å². The summed E-state index contributed by atoms with van der Waals surface area (Å²) < 4.78 is 0. The molecule has 4 heteroatoms. The van der Waals surface area contributed by atoms with Gasteiger partial charge < -0.3 is 11.1 Å². The van der Waals surface area contributed by atoms with Crippen molar-refractivity contribution < 1.29 is 0 Å². The van der Waals surface area contributed by atoms with Crippen molar-refractivity contribution in [1.29, 1.82) is 0 Å². The van der Waals surface area contributed by atoms with Gasteiger partial charge in [0.05, 0.1) is 0 Å². The van der Waals surface area contributed by atoms with E-state index in [0.29, 0.717) is 5.96 Å². The molecule has 1 aliphatic heterocycles. The summed E-state index contributed by atoms with van der Waals surface area (Å²) in [6.07, 6.45) is 1.35. The van der Waals surface area contributed by atoms with Crippen molar-refractivity contribution in [2.75, 3.05) is 20.1 Å². The van der Waals surface area contributed by atoms with Crippen molar-refractivity contribution in [1.82, 2.24) is 10.2 Å². The highest BCUT2D eigenvalue weighted by Crippen LogP contribution is 2.23. The highest BCUT2D eigenvalue weighted by atomic mass is 15.1. The van der Waals surface area contributed by atoms with Crippen molar-refractivity contribution in [3.63, 3.8) is 0 Å². The fourth-order valence-electron chi connectivity index (χ4n) is 3.31. The zero-order chi connectivity index (χ0) is 15.2. The Morgan fingerprint density at radius 2 is 1.86 bits per heavy atom. The van der Waals surface area contributed by atoms with Gasteiger partial charge in [-0.25, -0.2) is 0 Å². The van der Waals surface area contributed by atoms with Crippen molar-refractivity contribution >= 4 is 5.96 Å². The van der Waals surface area contributed by atoms with Gasteiger partial charge in [0, 0.05) is 33.2 Å². The summed E-state index contributed by atoms with van der Waals surface area (Å²) in [6, 6.07) is 8.59. The van der Waals surface area contributed by atoms with E-state index in [0.717, 1.165) is 24.9 Å². The van der Waals surface area contributed by atoms with Crippen molar-refractivity contribution in [3.05, 3.63) is 35.4 Å².